The van der Waals surface area contributed by atoms with Crippen LogP contribution >= 0.6 is 0 Å². The minimum atomic E-state index is 0.444. The van der Waals surface area contributed by atoms with E-state index in [1.807, 2.05) is 30.7 Å². The molecule has 3 aliphatic heterocycles. The van der Waals surface area contributed by atoms with Crippen LogP contribution in [-0.2, 0) is 11.3 Å². The highest BCUT2D eigenvalue weighted by Crippen LogP contribution is 2.36. The Morgan fingerprint density at radius 3 is 2.70 bits per heavy atom. The minimum absolute atomic E-state index is 0.444. The zero-order chi connectivity index (χ0) is 29.2. The smallest absolute Gasteiger partial charge is 0.212 e. The van der Waals surface area contributed by atoms with Gasteiger partial charge in [-0.3, -0.25) is 9.80 Å². The highest BCUT2D eigenvalue weighted by atomic mass is 16.5. The number of rotatable bonds is 9. The SMILES string of the molecule is COc1ccc(CN2CC3CCN(c4ccc(-c5cc(OCCN6CCOCC6)cn6ncc(C#N)c56)cn4)C3C2)cn1. The molecule has 4 aromatic heterocycles. The molecule has 11 heteroatoms. The maximum Gasteiger partial charge on any atom is 0.212 e. The number of pyridine rings is 3. The average molecular weight is 581 g/mol. The molecule has 0 N–H and O–H groups in total. The summed E-state index contributed by atoms with van der Waals surface area (Å²) in [5.74, 6) is 2.98. The Kier molecular flexibility index (Phi) is 7.80. The first-order valence-corrected chi connectivity index (χ1v) is 15.0. The van der Waals surface area contributed by atoms with Crippen LogP contribution in [-0.4, -0.2) is 102 Å². The van der Waals surface area contributed by atoms with Crippen molar-refractivity contribution in [2.45, 2.75) is 19.0 Å². The number of aromatic nitrogens is 4. The lowest BCUT2D eigenvalue weighted by atomic mass is 10.0. The van der Waals surface area contributed by atoms with E-state index >= 15 is 0 Å². The van der Waals surface area contributed by atoms with Gasteiger partial charge in [-0.05, 0) is 36.1 Å². The Bertz CT molecular complexity index is 1590. The van der Waals surface area contributed by atoms with Crippen LogP contribution in [0.2, 0.25) is 0 Å². The molecule has 7 rings (SSSR count). The normalized spacial score (nSPS) is 20.8. The van der Waals surface area contributed by atoms with Gasteiger partial charge < -0.3 is 19.1 Å². The fourth-order valence-corrected chi connectivity index (χ4v) is 6.66. The van der Waals surface area contributed by atoms with Crippen molar-refractivity contribution in [1.29, 1.82) is 5.26 Å². The summed E-state index contributed by atoms with van der Waals surface area (Å²) in [7, 11) is 1.64. The van der Waals surface area contributed by atoms with Crippen molar-refractivity contribution < 1.29 is 14.2 Å². The summed E-state index contributed by atoms with van der Waals surface area (Å²) in [4.78, 5) is 16.6. The number of fused-ring (bicyclic) bond motifs is 2. The molecule has 11 nitrogen and oxygen atoms in total. The van der Waals surface area contributed by atoms with E-state index in [0.717, 1.165) is 87.9 Å². The molecule has 0 spiro atoms. The Morgan fingerprint density at radius 1 is 1.02 bits per heavy atom. The number of hydrogen-bond acceptors (Lipinski definition) is 10. The van der Waals surface area contributed by atoms with Gasteiger partial charge in [0.1, 0.15) is 24.2 Å². The van der Waals surface area contributed by atoms with E-state index in [1.54, 1.807) is 17.8 Å². The second-order valence-electron chi connectivity index (χ2n) is 11.5. The van der Waals surface area contributed by atoms with E-state index in [9.17, 15) is 5.26 Å². The lowest BCUT2D eigenvalue weighted by molar-refractivity contribution is 0.0322. The van der Waals surface area contributed by atoms with Crippen molar-refractivity contribution in [2.75, 3.05) is 71.1 Å². The van der Waals surface area contributed by atoms with Gasteiger partial charge in [-0.15, -0.1) is 0 Å². The van der Waals surface area contributed by atoms with E-state index in [1.165, 1.54) is 5.56 Å². The van der Waals surface area contributed by atoms with E-state index in [0.29, 0.717) is 35.8 Å². The Labute approximate surface area is 251 Å². The fourth-order valence-electron chi connectivity index (χ4n) is 6.66. The molecule has 2 unspecified atom stereocenters. The third-order valence-electron chi connectivity index (χ3n) is 8.88. The van der Waals surface area contributed by atoms with Crippen LogP contribution in [0.1, 0.15) is 17.5 Å². The first kappa shape index (κ1) is 27.6. The number of nitrogens with zero attached hydrogens (tertiary/aromatic N) is 8. The Balaban J connectivity index is 1.06. The van der Waals surface area contributed by atoms with Crippen LogP contribution < -0.4 is 14.4 Å². The molecule has 3 saturated heterocycles. The molecule has 2 atom stereocenters. The summed E-state index contributed by atoms with van der Waals surface area (Å²) in [6.45, 7) is 8.77. The number of nitriles is 1. The number of anilines is 1. The summed E-state index contributed by atoms with van der Waals surface area (Å²) < 4.78 is 18.6. The quantitative estimate of drug-likeness (QED) is 0.293. The molecule has 0 aromatic carbocycles. The monoisotopic (exact) mass is 580 g/mol. The summed E-state index contributed by atoms with van der Waals surface area (Å²) >= 11 is 0. The molecular formula is C32H36N8O3. The van der Waals surface area contributed by atoms with Crippen molar-refractivity contribution in [3.05, 3.63) is 66.2 Å². The van der Waals surface area contributed by atoms with Crippen molar-refractivity contribution in [3.8, 4) is 28.8 Å². The number of likely N-dealkylation sites (tertiary alicyclic amines) is 1. The molecular weight excluding hydrogens is 544 g/mol. The van der Waals surface area contributed by atoms with Crippen molar-refractivity contribution in [3.63, 3.8) is 0 Å². The zero-order valence-electron chi connectivity index (χ0n) is 24.4. The van der Waals surface area contributed by atoms with Gasteiger partial charge in [0, 0.05) is 81.4 Å². The van der Waals surface area contributed by atoms with Crippen LogP contribution in [0.5, 0.6) is 11.6 Å². The van der Waals surface area contributed by atoms with Crippen molar-refractivity contribution >= 4 is 11.3 Å². The molecule has 3 aliphatic rings. The van der Waals surface area contributed by atoms with Crippen molar-refractivity contribution in [2.24, 2.45) is 5.92 Å². The molecule has 43 heavy (non-hydrogen) atoms. The van der Waals surface area contributed by atoms with Gasteiger partial charge in [0.2, 0.25) is 5.88 Å². The molecule has 0 amide bonds. The van der Waals surface area contributed by atoms with E-state index < -0.39 is 0 Å². The van der Waals surface area contributed by atoms with Crippen LogP contribution in [0.4, 0.5) is 5.82 Å². The first-order valence-electron chi connectivity index (χ1n) is 15.0. The number of morpholine rings is 1. The lowest BCUT2D eigenvalue weighted by Gasteiger charge is -2.26. The predicted molar refractivity (Wildman–Crippen MR) is 161 cm³/mol. The summed E-state index contributed by atoms with van der Waals surface area (Å²) in [5.41, 5.74) is 4.30. The zero-order valence-corrected chi connectivity index (χ0v) is 24.4. The topological polar surface area (TPSA) is 104 Å². The summed E-state index contributed by atoms with van der Waals surface area (Å²) in [6.07, 6.45) is 8.44. The van der Waals surface area contributed by atoms with Gasteiger partial charge in [0.25, 0.3) is 0 Å². The molecule has 3 fully saturated rings. The second-order valence-corrected chi connectivity index (χ2v) is 11.5. The first-order chi connectivity index (χ1) is 21.2. The maximum atomic E-state index is 9.78. The molecule has 0 aliphatic carbocycles. The van der Waals surface area contributed by atoms with Crippen LogP contribution in [0.25, 0.3) is 16.6 Å². The molecule has 0 bridgehead atoms. The van der Waals surface area contributed by atoms with Gasteiger partial charge in [-0.1, -0.05) is 6.07 Å². The Morgan fingerprint density at radius 2 is 1.93 bits per heavy atom. The van der Waals surface area contributed by atoms with Gasteiger partial charge in [0.15, 0.2) is 0 Å². The fraction of sp³-hybridized carbons (Fsp3) is 0.438. The molecule has 7 heterocycles. The third-order valence-corrected chi connectivity index (χ3v) is 8.88. The number of methoxy groups -OCH3 is 1. The molecule has 0 saturated carbocycles. The summed E-state index contributed by atoms with van der Waals surface area (Å²) in [6, 6.07) is 13.0. The lowest BCUT2D eigenvalue weighted by Crippen LogP contribution is -2.38. The van der Waals surface area contributed by atoms with E-state index in [4.69, 9.17) is 19.2 Å². The van der Waals surface area contributed by atoms with Gasteiger partial charge >= 0.3 is 0 Å². The second kappa shape index (κ2) is 12.2. The molecule has 4 aromatic rings. The van der Waals surface area contributed by atoms with Crippen LogP contribution in [0.3, 0.4) is 0 Å². The third kappa shape index (κ3) is 5.73. The highest BCUT2D eigenvalue weighted by molar-refractivity contribution is 5.85. The van der Waals surface area contributed by atoms with E-state index in [-0.39, 0.29) is 0 Å². The van der Waals surface area contributed by atoms with Gasteiger partial charge in [0.05, 0.1) is 43.8 Å². The standard InChI is InChI=1S/C32H36N8O3/c1-41-31-5-2-23(16-35-31)19-38-20-25-6-7-39(29(25)22-38)30-4-3-24(17-34-30)28-14-27(21-40-32(28)26(15-33)18-36-40)43-13-10-37-8-11-42-12-9-37/h2-5,14,16-18,21,25,29H,6-13,19-20,22H2,1H3. The summed E-state index contributed by atoms with van der Waals surface area (Å²) in [5, 5.41) is 14.2. The average Bonchev–Trinajstić information content (AvgIpc) is 3.76. The van der Waals surface area contributed by atoms with Gasteiger partial charge in [-0.2, -0.15) is 10.4 Å². The number of hydrogen-bond donors (Lipinski definition) is 0. The molecule has 0 radical (unpaired) electrons. The maximum absolute atomic E-state index is 9.78. The number of ether oxygens (including phenoxy) is 3. The van der Waals surface area contributed by atoms with Crippen LogP contribution in [0, 0.1) is 17.2 Å². The predicted octanol–water partition coefficient (Wildman–Crippen LogP) is 3.09. The van der Waals surface area contributed by atoms with Crippen LogP contribution in [0.15, 0.2) is 55.1 Å². The minimum Gasteiger partial charge on any atom is -0.491 e. The Hall–Kier alpha value is -4.24. The largest absolute Gasteiger partial charge is 0.491 e. The van der Waals surface area contributed by atoms with Crippen molar-refractivity contribution in [1.82, 2.24) is 29.4 Å². The highest BCUT2D eigenvalue weighted by Gasteiger charge is 2.41. The molecule has 222 valence electrons. The van der Waals surface area contributed by atoms with E-state index in [2.05, 4.69) is 49.1 Å². The van der Waals surface area contributed by atoms with Gasteiger partial charge in [-0.25, -0.2) is 14.5 Å².